The smallest absolute Gasteiger partial charge is 0.240 e. The summed E-state index contributed by atoms with van der Waals surface area (Å²) in [5, 5.41) is 22.7. The minimum absolute atomic E-state index is 0.0205. The Morgan fingerprint density at radius 3 is 2.61 bits per heavy atom. The molecule has 0 heterocycles. The second-order valence-electron chi connectivity index (χ2n) is 4.53. The molecule has 0 radical (unpaired) electrons. The van der Waals surface area contributed by atoms with Gasteiger partial charge in [0.2, 0.25) is 5.91 Å². The van der Waals surface area contributed by atoms with Gasteiger partial charge >= 0.3 is 0 Å². The van der Waals surface area contributed by atoms with E-state index in [1.807, 2.05) is 13.8 Å². The van der Waals surface area contributed by atoms with Gasteiger partial charge in [-0.1, -0.05) is 13.8 Å². The molecule has 5 nitrogen and oxygen atoms in total. The van der Waals surface area contributed by atoms with Crippen LogP contribution in [-0.4, -0.2) is 21.8 Å². The molecule has 0 aromatic heterocycles. The molecular formula is C13H18N2O3. The molecule has 3 N–H and O–H groups in total. The van der Waals surface area contributed by atoms with Crippen LogP contribution >= 0.6 is 0 Å². The molecule has 18 heavy (non-hydrogen) atoms. The first kappa shape index (κ1) is 14.0. The van der Waals surface area contributed by atoms with Crippen molar-refractivity contribution in [1.29, 1.82) is 0 Å². The van der Waals surface area contributed by atoms with E-state index in [4.69, 9.17) is 5.11 Å². The summed E-state index contributed by atoms with van der Waals surface area (Å²) in [5.74, 6) is 0.00690. The number of phenols is 2. The third-order valence-corrected chi connectivity index (χ3v) is 2.31. The van der Waals surface area contributed by atoms with Crippen molar-refractivity contribution >= 4 is 11.6 Å². The highest BCUT2D eigenvalue weighted by molar-refractivity contribution is 6.01. The summed E-state index contributed by atoms with van der Waals surface area (Å²) in [7, 11) is 0. The molecule has 0 aliphatic rings. The summed E-state index contributed by atoms with van der Waals surface area (Å²) in [6.45, 7) is 5.56. The van der Waals surface area contributed by atoms with E-state index in [1.165, 1.54) is 18.2 Å². The number of rotatable bonds is 4. The van der Waals surface area contributed by atoms with Gasteiger partial charge < -0.3 is 10.2 Å². The lowest BCUT2D eigenvalue weighted by Gasteiger charge is -2.06. The van der Waals surface area contributed by atoms with Crippen LogP contribution in [0.1, 0.15) is 32.8 Å². The van der Waals surface area contributed by atoms with Gasteiger partial charge in [-0.05, 0) is 25.0 Å². The number of nitrogens with one attached hydrogen (secondary N) is 1. The molecule has 0 spiro atoms. The van der Waals surface area contributed by atoms with Crippen molar-refractivity contribution in [3.63, 3.8) is 0 Å². The Labute approximate surface area is 106 Å². The number of hydrogen-bond acceptors (Lipinski definition) is 4. The maximum absolute atomic E-state index is 11.4. The van der Waals surface area contributed by atoms with Crippen molar-refractivity contribution in [3.8, 4) is 11.5 Å². The number of amides is 1. The first-order chi connectivity index (χ1) is 8.40. The highest BCUT2D eigenvalue weighted by Gasteiger charge is 2.07. The second kappa shape index (κ2) is 6.05. The Bertz CT molecular complexity index is 467. The topological polar surface area (TPSA) is 81.9 Å². The van der Waals surface area contributed by atoms with Crippen LogP contribution in [0.15, 0.2) is 23.3 Å². The van der Waals surface area contributed by atoms with Crippen molar-refractivity contribution in [1.82, 2.24) is 5.43 Å². The van der Waals surface area contributed by atoms with Crippen LogP contribution < -0.4 is 5.43 Å². The van der Waals surface area contributed by atoms with Gasteiger partial charge in [0.1, 0.15) is 11.5 Å². The molecule has 0 saturated carbocycles. The number of hydrogen-bond donors (Lipinski definition) is 3. The van der Waals surface area contributed by atoms with Crippen LogP contribution in [0.3, 0.4) is 0 Å². The molecule has 0 fully saturated rings. The third kappa shape index (κ3) is 4.08. The average molecular weight is 250 g/mol. The maximum Gasteiger partial charge on any atom is 0.240 e. The summed E-state index contributed by atoms with van der Waals surface area (Å²) in [6.07, 6.45) is 0.401. The fourth-order valence-electron chi connectivity index (χ4n) is 1.45. The zero-order valence-corrected chi connectivity index (χ0v) is 10.8. The lowest BCUT2D eigenvalue weighted by Crippen LogP contribution is -2.20. The van der Waals surface area contributed by atoms with Crippen LogP contribution in [0.5, 0.6) is 11.5 Å². The van der Waals surface area contributed by atoms with Crippen LogP contribution in [0.4, 0.5) is 0 Å². The Morgan fingerprint density at radius 1 is 1.39 bits per heavy atom. The van der Waals surface area contributed by atoms with Gasteiger partial charge in [0, 0.05) is 18.1 Å². The SMILES string of the molecule is C/C(=N\NC(=O)CC(C)C)c1ccc(O)cc1O. The van der Waals surface area contributed by atoms with E-state index in [0.717, 1.165) is 0 Å². The number of hydrazone groups is 1. The monoisotopic (exact) mass is 250 g/mol. The van der Waals surface area contributed by atoms with Gasteiger partial charge in [-0.25, -0.2) is 5.43 Å². The fraction of sp³-hybridized carbons (Fsp3) is 0.385. The lowest BCUT2D eigenvalue weighted by atomic mass is 10.1. The quantitative estimate of drug-likeness (QED) is 0.564. The molecular weight excluding hydrogens is 232 g/mol. The Balaban J connectivity index is 2.74. The normalized spacial score (nSPS) is 11.7. The number of carbonyl (C=O) groups excluding carboxylic acids is 1. The van der Waals surface area contributed by atoms with Crippen LogP contribution in [0.2, 0.25) is 0 Å². The molecule has 0 atom stereocenters. The van der Waals surface area contributed by atoms with Gasteiger partial charge in [0.05, 0.1) is 5.71 Å². The Morgan fingerprint density at radius 2 is 2.06 bits per heavy atom. The maximum atomic E-state index is 11.4. The predicted octanol–water partition coefficient (Wildman–Crippen LogP) is 1.98. The molecule has 0 aliphatic heterocycles. The van der Waals surface area contributed by atoms with Gasteiger partial charge in [0.25, 0.3) is 0 Å². The van der Waals surface area contributed by atoms with Crippen molar-refractivity contribution in [3.05, 3.63) is 23.8 Å². The zero-order valence-electron chi connectivity index (χ0n) is 10.8. The predicted molar refractivity (Wildman–Crippen MR) is 69.6 cm³/mol. The van der Waals surface area contributed by atoms with Gasteiger partial charge in [-0.3, -0.25) is 4.79 Å². The van der Waals surface area contributed by atoms with Crippen molar-refractivity contribution < 1.29 is 15.0 Å². The molecule has 0 aliphatic carbocycles. The molecule has 1 amide bonds. The van der Waals surface area contributed by atoms with E-state index >= 15 is 0 Å². The Hall–Kier alpha value is -2.04. The summed E-state index contributed by atoms with van der Waals surface area (Å²) in [6, 6.07) is 4.21. The van der Waals surface area contributed by atoms with Crippen molar-refractivity contribution in [2.75, 3.05) is 0 Å². The van der Waals surface area contributed by atoms with Gasteiger partial charge in [-0.2, -0.15) is 5.10 Å². The zero-order chi connectivity index (χ0) is 13.7. The Kier molecular flexibility index (Phi) is 4.71. The van der Waals surface area contributed by atoms with Crippen LogP contribution in [0.25, 0.3) is 0 Å². The van der Waals surface area contributed by atoms with Crippen LogP contribution in [0, 0.1) is 5.92 Å². The highest BCUT2D eigenvalue weighted by atomic mass is 16.3. The van der Waals surface area contributed by atoms with E-state index in [1.54, 1.807) is 6.92 Å². The average Bonchev–Trinajstić information content (AvgIpc) is 2.25. The summed E-state index contributed by atoms with van der Waals surface area (Å²) < 4.78 is 0. The summed E-state index contributed by atoms with van der Waals surface area (Å²) in [5.41, 5.74) is 3.38. The molecule has 5 heteroatoms. The number of benzene rings is 1. The second-order valence-corrected chi connectivity index (χ2v) is 4.53. The molecule has 1 aromatic rings. The van der Waals surface area contributed by atoms with Gasteiger partial charge in [0.15, 0.2) is 0 Å². The van der Waals surface area contributed by atoms with Crippen molar-refractivity contribution in [2.24, 2.45) is 11.0 Å². The minimum Gasteiger partial charge on any atom is -0.508 e. The van der Waals surface area contributed by atoms with E-state index in [0.29, 0.717) is 17.7 Å². The van der Waals surface area contributed by atoms with Crippen molar-refractivity contribution in [2.45, 2.75) is 27.2 Å². The molecule has 1 aromatic carbocycles. The first-order valence-electron chi connectivity index (χ1n) is 5.75. The molecule has 0 unspecified atom stereocenters. The molecule has 0 saturated heterocycles. The van der Waals surface area contributed by atoms with Gasteiger partial charge in [-0.15, -0.1) is 0 Å². The number of phenolic OH excluding ortho intramolecular Hbond substituents is 2. The number of carbonyl (C=O) groups is 1. The summed E-state index contributed by atoms with van der Waals surface area (Å²) in [4.78, 5) is 11.4. The van der Waals surface area contributed by atoms with E-state index < -0.39 is 0 Å². The minimum atomic E-state index is -0.164. The van der Waals surface area contributed by atoms with E-state index in [2.05, 4.69) is 10.5 Å². The highest BCUT2D eigenvalue weighted by Crippen LogP contribution is 2.22. The third-order valence-electron chi connectivity index (χ3n) is 2.31. The van der Waals surface area contributed by atoms with E-state index in [9.17, 15) is 9.90 Å². The standard InChI is InChI=1S/C13H18N2O3/c1-8(2)6-13(18)15-14-9(3)11-5-4-10(16)7-12(11)17/h4-5,7-8,16-17H,6H2,1-3H3,(H,15,18)/b14-9+. The lowest BCUT2D eigenvalue weighted by molar-refractivity contribution is -0.121. The molecule has 1 rings (SSSR count). The molecule has 98 valence electrons. The number of aromatic hydroxyl groups is 2. The largest absolute Gasteiger partial charge is 0.508 e. The summed E-state index contributed by atoms with van der Waals surface area (Å²) >= 11 is 0. The van der Waals surface area contributed by atoms with E-state index in [-0.39, 0.29) is 23.3 Å². The van der Waals surface area contributed by atoms with Crippen LogP contribution in [-0.2, 0) is 4.79 Å². The number of nitrogens with zero attached hydrogens (tertiary/aromatic N) is 1. The fourth-order valence-corrected chi connectivity index (χ4v) is 1.45. The molecule has 0 bridgehead atoms. The first-order valence-corrected chi connectivity index (χ1v) is 5.75.